The maximum absolute atomic E-state index is 6.06. The lowest BCUT2D eigenvalue weighted by Crippen LogP contribution is -1.97. The van der Waals surface area contributed by atoms with Crippen LogP contribution in [0.15, 0.2) is 73.1 Å². The molecule has 2 nitrogen and oxygen atoms in total. The first-order valence-corrected chi connectivity index (χ1v) is 7.07. The predicted octanol–water partition coefficient (Wildman–Crippen LogP) is 4.98. The Balaban J connectivity index is 1.86. The highest BCUT2D eigenvalue weighted by molar-refractivity contribution is 6.30. The predicted molar refractivity (Wildman–Crippen MR) is 85.5 cm³/mol. The minimum absolute atomic E-state index is 0.514. The molecule has 104 valence electrons. The number of pyridine rings is 1. The van der Waals surface area contributed by atoms with Crippen LogP contribution in [0.25, 0.3) is 11.1 Å². The Morgan fingerprint density at radius 1 is 0.952 bits per heavy atom. The first-order chi connectivity index (χ1) is 10.3. The molecule has 0 spiro atoms. The highest BCUT2D eigenvalue weighted by Gasteiger charge is 2.07. The van der Waals surface area contributed by atoms with Crippen LogP contribution in [0.5, 0.6) is 5.75 Å². The van der Waals surface area contributed by atoms with Crippen molar-refractivity contribution in [3.05, 3.63) is 83.6 Å². The van der Waals surface area contributed by atoms with E-state index < -0.39 is 0 Å². The van der Waals surface area contributed by atoms with Crippen LogP contribution >= 0.6 is 11.6 Å². The monoisotopic (exact) mass is 295 g/mol. The molecule has 21 heavy (non-hydrogen) atoms. The molecule has 0 bridgehead atoms. The highest BCUT2D eigenvalue weighted by Crippen LogP contribution is 2.30. The second-order valence-corrected chi connectivity index (χ2v) is 5.09. The van der Waals surface area contributed by atoms with E-state index in [9.17, 15) is 0 Å². The van der Waals surface area contributed by atoms with E-state index in [1.807, 2.05) is 60.7 Å². The van der Waals surface area contributed by atoms with Gasteiger partial charge in [-0.05, 0) is 29.3 Å². The third-order valence-corrected chi connectivity index (χ3v) is 3.39. The van der Waals surface area contributed by atoms with Crippen LogP contribution in [0.4, 0.5) is 0 Å². The molecule has 1 aromatic heterocycles. The summed E-state index contributed by atoms with van der Waals surface area (Å²) >= 11 is 6.06. The number of benzene rings is 2. The molecule has 1 heterocycles. The van der Waals surface area contributed by atoms with Crippen LogP contribution in [-0.2, 0) is 6.61 Å². The van der Waals surface area contributed by atoms with E-state index in [2.05, 4.69) is 4.98 Å². The zero-order valence-electron chi connectivity index (χ0n) is 11.4. The zero-order chi connectivity index (χ0) is 14.5. The summed E-state index contributed by atoms with van der Waals surface area (Å²) in [5.74, 6) is 0.753. The van der Waals surface area contributed by atoms with E-state index in [-0.39, 0.29) is 0 Å². The molecule has 0 saturated heterocycles. The minimum Gasteiger partial charge on any atom is -0.487 e. The molecule has 0 fully saturated rings. The fraction of sp³-hybridized carbons (Fsp3) is 0.0556. The Morgan fingerprint density at radius 3 is 2.62 bits per heavy atom. The van der Waals surface area contributed by atoms with Crippen LogP contribution in [0, 0.1) is 0 Å². The molecular weight excluding hydrogens is 282 g/mol. The SMILES string of the molecule is Clc1cccc(-c2ccncc2OCc2ccccc2)c1. The van der Waals surface area contributed by atoms with Gasteiger partial charge in [0.15, 0.2) is 0 Å². The lowest BCUT2D eigenvalue weighted by molar-refractivity contribution is 0.306. The summed E-state index contributed by atoms with van der Waals surface area (Å²) in [6.07, 6.45) is 3.49. The van der Waals surface area contributed by atoms with Gasteiger partial charge in [-0.25, -0.2) is 0 Å². The van der Waals surface area contributed by atoms with Crippen LogP contribution in [-0.4, -0.2) is 4.98 Å². The minimum atomic E-state index is 0.514. The number of hydrogen-bond acceptors (Lipinski definition) is 2. The Bertz CT molecular complexity index is 728. The van der Waals surface area contributed by atoms with Crippen molar-refractivity contribution >= 4 is 11.6 Å². The normalized spacial score (nSPS) is 10.3. The summed E-state index contributed by atoms with van der Waals surface area (Å²) < 4.78 is 5.91. The third-order valence-electron chi connectivity index (χ3n) is 3.16. The number of rotatable bonds is 4. The maximum Gasteiger partial charge on any atom is 0.145 e. The Morgan fingerprint density at radius 2 is 1.81 bits per heavy atom. The van der Waals surface area contributed by atoms with E-state index >= 15 is 0 Å². The van der Waals surface area contributed by atoms with Crippen molar-refractivity contribution in [3.63, 3.8) is 0 Å². The van der Waals surface area contributed by atoms with E-state index in [0.29, 0.717) is 11.6 Å². The summed E-state index contributed by atoms with van der Waals surface area (Å²) in [6.45, 7) is 0.514. The van der Waals surface area contributed by atoms with Crippen molar-refractivity contribution in [2.24, 2.45) is 0 Å². The van der Waals surface area contributed by atoms with Crippen LogP contribution < -0.4 is 4.74 Å². The smallest absolute Gasteiger partial charge is 0.145 e. The van der Waals surface area contributed by atoms with Gasteiger partial charge >= 0.3 is 0 Å². The molecule has 0 N–H and O–H groups in total. The first-order valence-electron chi connectivity index (χ1n) is 6.69. The molecule has 0 amide bonds. The molecule has 0 aliphatic rings. The quantitative estimate of drug-likeness (QED) is 0.677. The molecular formula is C18H14ClNO. The fourth-order valence-corrected chi connectivity index (χ4v) is 2.32. The Labute approximate surface area is 129 Å². The van der Waals surface area contributed by atoms with Gasteiger partial charge in [-0.3, -0.25) is 4.98 Å². The summed E-state index contributed by atoms with van der Waals surface area (Å²) in [4.78, 5) is 4.15. The summed E-state index contributed by atoms with van der Waals surface area (Å²) in [6, 6.07) is 19.7. The molecule has 0 unspecified atom stereocenters. The van der Waals surface area contributed by atoms with Gasteiger partial charge in [0.25, 0.3) is 0 Å². The molecule has 3 rings (SSSR count). The second-order valence-electron chi connectivity index (χ2n) is 4.66. The van der Waals surface area contributed by atoms with Crippen LogP contribution in [0.2, 0.25) is 5.02 Å². The van der Waals surface area contributed by atoms with Gasteiger partial charge in [-0.1, -0.05) is 54.1 Å². The number of nitrogens with zero attached hydrogens (tertiary/aromatic N) is 1. The highest BCUT2D eigenvalue weighted by atomic mass is 35.5. The van der Waals surface area contributed by atoms with E-state index in [1.54, 1.807) is 12.4 Å². The van der Waals surface area contributed by atoms with Crippen molar-refractivity contribution in [1.29, 1.82) is 0 Å². The van der Waals surface area contributed by atoms with E-state index in [0.717, 1.165) is 22.4 Å². The van der Waals surface area contributed by atoms with Gasteiger partial charge in [0, 0.05) is 16.8 Å². The van der Waals surface area contributed by atoms with Crippen LogP contribution in [0.3, 0.4) is 0 Å². The van der Waals surface area contributed by atoms with E-state index in [1.165, 1.54) is 0 Å². The molecule has 2 aromatic carbocycles. The number of hydrogen-bond donors (Lipinski definition) is 0. The Hall–Kier alpha value is -2.32. The van der Waals surface area contributed by atoms with Crippen molar-refractivity contribution in [2.75, 3.05) is 0 Å². The van der Waals surface area contributed by atoms with Gasteiger partial charge in [0.1, 0.15) is 12.4 Å². The fourth-order valence-electron chi connectivity index (χ4n) is 2.12. The topological polar surface area (TPSA) is 22.1 Å². The average molecular weight is 296 g/mol. The number of aromatic nitrogens is 1. The molecule has 3 aromatic rings. The molecule has 3 heteroatoms. The molecule has 0 aliphatic carbocycles. The lowest BCUT2D eigenvalue weighted by atomic mass is 10.1. The van der Waals surface area contributed by atoms with Gasteiger partial charge in [-0.2, -0.15) is 0 Å². The van der Waals surface area contributed by atoms with Gasteiger partial charge in [0.2, 0.25) is 0 Å². The van der Waals surface area contributed by atoms with Crippen molar-refractivity contribution < 1.29 is 4.74 Å². The zero-order valence-corrected chi connectivity index (χ0v) is 12.1. The molecule has 0 atom stereocenters. The van der Waals surface area contributed by atoms with Gasteiger partial charge in [0.05, 0.1) is 6.20 Å². The average Bonchev–Trinajstić information content (AvgIpc) is 2.54. The van der Waals surface area contributed by atoms with Crippen molar-refractivity contribution in [2.45, 2.75) is 6.61 Å². The second kappa shape index (κ2) is 6.42. The van der Waals surface area contributed by atoms with Crippen molar-refractivity contribution in [3.8, 4) is 16.9 Å². The maximum atomic E-state index is 6.06. The van der Waals surface area contributed by atoms with Gasteiger partial charge < -0.3 is 4.74 Å². The standard InChI is InChI=1S/C18H14ClNO/c19-16-8-4-7-15(11-16)17-9-10-20-12-18(17)21-13-14-5-2-1-3-6-14/h1-12H,13H2. The van der Waals surface area contributed by atoms with Crippen LogP contribution in [0.1, 0.15) is 5.56 Å². The van der Waals surface area contributed by atoms with Crippen molar-refractivity contribution in [1.82, 2.24) is 4.98 Å². The summed E-state index contributed by atoms with van der Waals surface area (Å²) in [7, 11) is 0. The largest absolute Gasteiger partial charge is 0.487 e. The molecule has 0 aliphatic heterocycles. The number of halogens is 1. The first kappa shape index (κ1) is 13.7. The lowest BCUT2D eigenvalue weighted by Gasteiger charge is -2.11. The van der Waals surface area contributed by atoms with Gasteiger partial charge in [-0.15, -0.1) is 0 Å². The molecule has 0 radical (unpaired) electrons. The Kier molecular flexibility index (Phi) is 4.17. The van der Waals surface area contributed by atoms with E-state index in [4.69, 9.17) is 16.3 Å². The summed E-state index contributed by atoms with van der Waals surface area (Å²) in [5.41, 5.74) is 3.13. The number of ether oxygens (including phenoxy) is 1. The molecule has 0 saturated carbocycles. The third kappa shape index (κ3) is 3.41. The summed E-state index contributed by atoms with van der Waals surface area (Å²) in [5, 5.41) is 0.707.